The molecule has 0 aliphatic carbocycles. The number of benzene rings is 2. The van der Waals surface area contributed by atoms with Gasteiger partial charge in [-0.1, -0.05) is 12.1 Å². The molecule has 0 aliphatic rings. The number of hydrogen-bond acceptors (Lipinski definition) is 6. The molecule has 0 aliphatic heterocycles. The monoisotopic (exact) mass is 467 g/mol. The molecule has 2 aromatic carbocycles. The molecule has 0 aromatic heterocycles. The number of ether oxygens (including phenoxy) is 2. The predicted octanol–water partition coefficient (Wildman–Crippen LogP) is 1.85. The van der Waals surface area contributed by atoms with E-state index >= 15 is 0 Å². The van der Waals surface area contributed by atoms with Crippen molar-refractivity contribution in [3.63, 3.8) is 0 Å². The number of rotatable bonds is 11. The van der Waals surface area contributed by atoms with E-state index < -0.39 is 27.7 Å². The third-order valence-electron chi connectivity index (χ3n) is 4.25. The first-order valence-corrected chi connectivity index (χ1v) is 11.3. The number of hydrazine groups is 1. The molecule has 11 heteroatoms. The fourth-order valence-electron chi connectivity index (χ4n) is 2.59. The van der Waals surface area contributed by atoms with Crippen LogP contribution in [0.25, 0.3) is 0 Å². The van der Waals surface area contributed by atoms with Crippen LogP contribution >= 0.6 is 0 Å². The summed E-state index contributed by atoms with van der Waals surface area (Å²) in [5, 5.41) is 0. The van der Waals surface area contributed by atoms with Crippen molar-refractivity contribution in [2.45, 2.75) is 24.7 Å². The Labute approximate surface area is 186 Å². The van der Waals surface area contributed by atoms with E-state index in [0.29, 0.717) is 18.1 Å². The van der Waals surface area contributed by atoms with Crippen molar-refractivity contribution >= 4 is 21.8 Å². The van der Waals surface area contributed by atoms with Crippen LogP contribution in [0.5, 0.6) is 11.5 Å². The maximum absolute atomic E-state index is 13.0. The van der Waals surface area contributed by atoms with Gasteiger partial charge in [0.2, 0.25) is 15.9 Å². The maximum atomic E-state index is 13.0. The van der Waals surface area contributed by atoms with E-state index in [4.69, 9.17) is 9.47 Å². The summed E-state index contributed by atoms with van der Waals surface area (Å²) >= 11 is 0. The van der Waals surface area contributed by atoms with Crippen LogP contribution in [0.15, 0.2) is 53.4 Å². The van der Waals surface area contributed by atoms with Gasteiger partial charge in [0, 0.05) is 20.0 Å². The Morgan fingerprint density at radius 3 is 2.19 bits per heavy atom. The highest BCUT2D eigenvalue weighted by molar-refractivity contribution is 7.89. The Hall–Kier alpha value is -3.18. The largest absolute Gasteiger partial charge is 0.490 e. The topological polar surface area (TPSA) is 114 Å². The SMILES string of the molecule is CCOc1ccccc1OCC(=O)NNC(=O)CCCN(C)S(=O)(=O)c1ccc(F)cc1. The molecule has 0 spiro atoms. The summed E-state index contributed by atoms with van der Waals surface area (Å²) in [4.78, 5) is 23.7. The fraction of sp³-hybridized carbons (Fsp3) is 0.333. The molecule has 0 radical (unpaired) electrons. The summed E-state index contributed by atoms with van der Waals surface area (Å²) in [6.45, 7) is 2.01. The van der Waals surface area contributed by atoms with Crippen molar-refractivity contribution in [2.75, 3.05) is 26.8 Å². The van der Waals surface area contributed by atoms with E-state index in [-0.39, 0.29) is 30.9 Å². The van der Waals surface area contributed by atoms with Crippen LogP contribution in [0, 0.1) is 5.82 Å². The highest BCUT2D eigenvalue weighted by Crippen LogP contribution is 2.26. The van der Waals surface area contributed by atoms with Crippen molar-refractivity contribution in [1.82, 2.24) is 15.2 Å². The summed E-state index contributed by atoms with van der Waals surface area (Å²) in [5.41, 5.74) is 4.48. The van der Waals surface area contributed by atoms with Crippen molar-refractivity contribution in [3.8, 4) is 11.5 Å². The number of halogens is 1. The molecule has 32 heavy (non-hydrogen) atoms. The van der Waals surface area contributed by atoms with Crippen LogP contribution < -0.4 is 20.3 Å². The minimum absolute atomic E-state index is 0.0163. The van der Waals surface area contributed by atoms with Gasteiger partial charge in [-0.15, -0.1) is 0 Å². The van der Waals surface area contributed by atoms with Crippen molar-refractivity contribution < 1.29 is 31.9 Å². The van der Waals surface area contributed by atoms with Gasteiger partial charge in [0.15, 0.2) is 18.1 Å². The molecule has 2 amide bonds. The van der Waals surface area contributed by atoms with Crippen LogP contribution in [-0.2, 0) is 19.6 Å². The summed E-state index contributed by atoms with van der Waals surface area (Å²) in [5.74, 6) is -0.678. The summed E-state index contributed by atoms with van der Waals surface area (Å²) in [6.07, 6.45) is 0.203. The Bertz CT molecular complexity index is 1010. The van der Waals surface area contributed by atoms with Crippen molar-refractivity contribution in [2.24, 2.45) is 0 Å². The predicted molar refractivity (Wildman–Crippen MR) is 115 cm³/mol. The molecule has 0 fully saturated rings. The molecular formula is C21H26FN3O6S. The molecule has 9 nitrogen and oxygen atoms in total. The number of carbonyl (C=O) groups excluding carboxylic acids is 2. The zero-order valence-corrected chi connectivity index (χ0v) is 18.7. The van der Waals surface area contributed by atoms with Crippen molar-refractivity contribution in [3.05, 3.63) is 54.3 Å². The van der Waals surface area contributed by atoms with Gasteiger partial charge in [-0.2, -0.15) is 0 Å². The lowest BCUT2D eigenvalue weighted by Gasteiger charge is -2.17. The molecular weight excluding hydrogens is 441 g/mol. The van der Waals surface area contributed by atoms with E-state index in [1.807, 2.05) is 6.92 Å². The Morgan fingerprint density at radius 1 is 0.969 bits per heavy atom. The Balaban J connectivity index is 1.71. The van der Waals surface area contributed by atoms with E-state index in [0.717, 1.165) is 16.4 Å². The summed E-state index contributed by atoms with van der Waals surface area (Å²) < 4.78 is 49.7. The van der Waals surface area contributed by atoms with Gasteiger partial charge >= 0.3 is 0 Å². The first kappa shape index (κ1) is 25.1. The second kappa shape index (κ2) is 12.0. The lowest BCUT2D eigenvalue weighted by molar-refractivity contribution is -0.130. The number of amides is 2. The average molecular weight is 468 g/mol. The summed E-state index contributed by atoms with van der Waals surface area (Å²) in [7, 11) is -2.41. The van der Waals surface area contributed by atoms with Gasteiger partial charge in [0.25, 0.3) is 5.91 Å². The van der Waals surface area contributed by atoms with E-state index in [1.165, 1.54) is 19.2 Å². The minimum Gasteiger partial charge on any atom is -0.490 e. The normalized spacial score (nSPS) is 11.1. The third kappa shape index (κ3) is 7.50. The lowest BCUT2D eigenvalue weighted by Crippen LogP contribution is -2.44. The highest BCUT2D eigenvalue weighted by atomic mass is 32.2. The highest BCUT2D eigenvalue weighted by Gasteiger charge is 2.20. The minimum atomic E-state index is -3.78. The molecule has 2 aromatic rings. The van der Waals surface area contributed by atoms with E-state index in [1.54, 1.807) is 24.3 Å². The zero-order chi connectivity index (χ0) is 23.6. The Kier molecular flexibility index (Phi) is 9.41. The molecule has 0 bridgehead atoms. The second-order valence-corrected chi connectivity index (χ2v) is 8.69. The molecule has 0 heterocycles. The zero-order valence-electron chi connectivity index (χ0n) is 17.8. The molecule has 0 saturated heterocycles. The third-order valence-corrected chi connectivity index (χ3v) is 6.12. The van der Waals surface area contributed by atoms with Crippen LogP contribution in [0.3, 0.4) is 0 Å². The van der Waals surface area contributed by atoms with Crippen LogP contribution in [0.4, 0.5) is 4.39 Å². The van der Waals surface area contributed by atoms with Crippen molar-refractivity contribution in [1.29, 1.82) is 0 Å². The molecule has 0 atom stereocenters. The Morgan fingerprint density at radius 2 is 1.56 bits per heavy atom. The molecule has 2 N–H and O–H groups in total. The number of carbonyl (C=O) groups is 2. The first-order chi connectivity index (χ1) is 15.2. The van der Waals surface area contributed by atoms with Crippen LogP contribution in [0.1, 0.15) is 19.8 Å². The standard InChI is InChI=1S/C21H26FN3O6S/c1-3-30-18-7-4-5-8-19(18)31-15-21(27)24-23-20(26)9-6-14-25(2)32(28,29)17-12-10-16(22)11-13-17/h4-5,7-8,10-13H,3,6,9,14-15H2,1-2H3,(H,23,26)(H,24,27). The summed E-state index contributed by atoms with van der Waals surface area (Å²) in [6, 6.07) is 11.4. The number of sulfonamides is 1. The van der Waals surface area contributed by atoms with Crippen LogP contribution in [-0.4, -0.2) is 51.3 Å². The number of nitrogens with one attached hydrogen (secondary N) is 2. The molecule has 0 saturated carbocycles. The average Bonchev–Trinajstić information content (AvgIpc) is 2.77. The van der Waals surface area contributed by atoms with Gasteiger partial charge < -0.3 is 9.47 Å². The second-order valence-electron chi connectivity index (χ2n) is 6.65. The molecule has 174 valence electrons. The molecule has 2 rings (SSSR count). The van der Waals surface area contributed by atoms with E-state index in [2.05, 4.69) is 10.9 Å². The fourth-order valence-corrected chi connectivity index (χ4v) is 3.80. The van der Waals surface area contributed by atoms with Gasteiger partial charge in [0.1, 0.15) is 5.82 Å². The van der Waals surface area contributed by atoms with E-state index in [9.17, 15) is 22.4 Å². The van der Waals surface area contributed by atoms with Gasteiger partial charge in [0.05, 0.1) is 11.5 Å². The van der Waals surface area contributed by atoms with Gasteiger partial charge in [-0.05, 0) is 49.7 Å². The number of hydrogen-bond donors (Lipinski definition) is 2. The van der Waals surface area contributed by atoms with Gasteiger partial charge in [-0.25, -0.2) is 17.1 Å². The number of para-hydroxylation sites is 2. The lowest BCUT2D eigenvalue weighted by atomic mass is 10.3. The number of nitrogens with zero attached hydrogens (tertiary/aromatic N) is 1. The maximum Gasteiger partial charge on any atom is 0.276 e. The quantitative estimate of drug-likeness (QED) is 0.488. The van der Waals surface area contributed by atoms with Gasteiger partial charge in [-0.3, -0.25) is 20.4 Å². The first-order valence-electron chi connectivity index (χ1n) is 9.88. The molecule has 0 unspecified atom stereocenters. The van der Waals surface area contributed by atoms with Crippen LogP contribution in [0.2, 0.25) is 0 Å². The smallest absolute Gasteiger partial charge is 0.276 e.